The number of hydrogen-bond donors (Lipinski definition) is 1. The van der Waals surface area contributed by atoms with E-state index in [-0.39, 0.29) is 17.6 Å². The Labute approximate surface area is 105 Å². The van der Waals surface area contributed by atoms with Crippen LogP contribution in [0.4, 0.5) is 8.78 Å². The maximum Gasteiger partial charge on any atom is 0.247 e. The molecule has 8 heteroatoms. The van der Waals surface area contributed by atoms with Crippen LogP contribution in [-0.4, -0.2) is 37.0 Å². The molecule has 1 aromatic carbocycles. The Morgan fingerprint density at radius 2 is 1.94 bits per heavy atom. The van der Waals surface area contributed by atoms with Crippen molar-refractivity contribution in [2.75, 3.05) is 13.1 Å². The van der Waals surface area contributed by atoms with Crippen LogP contribution in [0.15, 0.2) is 21.5 Å². The van der Waals surface area contributed by atoms with Gasteiger partial charge >= 0.3 is 0 Å². The van der Waals surface area contributed by atoms with Crippen molar-refractivity contribution < 1.29 is 22.3 Å². The highest BCUT2D eigenvalue weighted by atomic mass is 79.9. The van der Waals surface area contributed by atoms with E-state index >= 15 is 0 Å². The van der Waals surface area contributed by atoms with Crippen molar-refractivity contribution >= 4 is 26.0 Å². The molecule has 0 unspecified atom stereocenters. The van der Waals surface area contributed by atoms with Crippen molar-refractivity contribution in [1.82, 2.24) is 4.31 Å². The summed E-state index contributed by atoms with van der Waals surface area (Å²) < 4.78 is 51.0. The summed E-state index contributed by atoms with van der Waals surface area (Å²) in [4.78, 5) is -0.606. The molecule has 94 valence electrons. The van der Waals surface area contributed by atoms with E-state index in [1.807, 2.05) is 0 Å². The van der Waals surface area contributed by atoms with E-state index in [1.165, 1.54) is 0 Å². The summed E-state index contributed by atoms with van der Waals surface area (Å²) in [6, 6.07) is 1.39. The number of halogens is 3. The van der Waals surface area contributed by atoms with Gasteiger partial charge in [-0.1, -0.05) is 0 Å². The molecule has 1 saturated heterocycles. The van der Waals surface area contributed by atoms with Gasteiger partial charge in [-0.05, 0) is 22.0 Å². The van der Waals surface area contributed by atoms with Crippen LogP contribution in [0, 0.1) is 11.6 Å². The van der Waals surface area contributed by atoms with Gasteiger partial charge in [0.15, 0.2) is 0 Å². The van der Waals surface area contributed by atoms with Gasteiger partial charge in [0.25, 0.3) is 0 Å². The normalized spacial score (nSPS) is 18.1. The van der Waals surface area contributed by atoms with Gasteiger partial charge in [0, 0.05) is 23.6 Å². The lowest BCUT2D eigenvalue weighted by molar-refractivity contribution is 0.0546. The Kier molecular flexibility index (Phi) is 3.23. The number of rotatable bonds is 2. The summed E-state index contributed by atoms with van der Waals surface area (Å²) in [7, 11) is -4.03. The number of sulfonamides is 1. The summed E-state index contributed by atoms with van der Waals surface area (Å²) in [5.74, 6) is -2.02. The van der Waals surface area contributed by atoms with Gasteiger partial charge < -0.3 is 5.11 Å². The third kappa shape index (κ3) is 2.22. The fourth-order valence-corrected chi connectivity index (χ4v) is 4.14. The first kappa shape index (κ1) is 12.9. The smallest absolute Gasteiger partial charge is 0.247 e. The zero-order valence-corrected chi connectivity index (χ0v) is 10.8. The Hall–Kier alpha value is -0.570. The molecule has 0 aliphatic carbocycles. The van der Waals surface area contributed by atoms with Gasteiger partial charge in [-0.3, -0.25) is 0 Å². The van der Waals surface area contributed by atoms with Gasteiger partial charge in [0.1, 0.15) is 16.5 Å². The molecule has 0 amide bonds. The maximum absolute atomic E-state index is 13.5. The summed E-state index contributed by atoms with van der Waals surface area (Å²) >= 11 is 2.82. The second-order valence-corrected chi connectivity index (χ2v) is 6.40. The lowest BCUT2D eigenvalue weighted by atomic mass is 10.2. The third-order valence-corrected chi connectivity index (χ3v) is 5.19. The Morgan fingerprint density at radius 1 is 1.35 bits per heavy atom. The molecule has 0 saturated carbocycles. The molecule has 0 radical (unpaired) electrons. The van der Waals surface area contributed by atoms with Crippen LogP contribution in [0.3, 0.4) is 0 Å². The minimum absolute atomic E-state index is 0.0778. The zero-order chi connectivity index (χ0) is 12.8. The molecule has 1 aliphatic rings. The molecule has 1 N–H and O–H groups in total. The molecular weight excluding hydrogens is 320 g/mol. The van der Waals surface area contributed by atoms with Crippen molar-refractivity contribution in [2.45, 2.75) is 11.0 Å². The molecule has 17 heavy (non-hydrogen) atoms. The molecule has 1 aliphatic heterocycles. The van der Waals surface area contributed by atoms with Crippen LogP contribution >= 0.6 is 15.9 Å². The molecule has 0 atom stereocenters. The zero-order valence-electron chi connectivity index (χ0n) is 8.40. The highest BCUT2D eigenvalue weighted by Gasteiger charge is 2.38. The van der Waals surface area contributed by atoms with Gasteiger partial charge in [0.2, 0.25) is 10.0 Å². The van der Waals surface area contributed by atoms with Crippen LogP contribution in [0.2, 0.25) is 0 Å². The minimum Gasteiger partial charge on any atom is -0.390 e. The quantitative estimate of drug-likeness (QED) is 0.884. The van der Waals surface area contributed by atoms with E-state index in [0.717, 1.165) is 10.4 Å². The fourth-order valence-electron chi connectivity index (χ4n) is 1.52. The standard InChI is InChI=1S/C9H8BrF2NO3S/c10-7-1-5(11)2-8(12)9(7)17(15,16)13-3-6(14)4-13/h1-2,6,14H,3-4H2. The predicted molar refractivity (Wildman–Crippen MR) is 58.8 cm³/mol. The van der Waals surface area contributed by atoms with Crippen molar-refractivity contribution in [3.05, 3.63) is 28.2 Å². The highest BCUT2D eigenvalue weighted by molar-refractivity contribution is 9.10. The Bertz CT molecular complexity index is 534. The predicted octanol–water partition coefficient (Wildman–Crippen LogP) is 1.09. The van der Waals surface area contributed by atoms with E-state index in [0.29, 0.717) is 6.07 Å². The SMILES string of the molecule is O=S(=O)(c1c(F)cc(F)cc1Br)N1CC(O)C1. The van der Waals surface area contributed by atoms with Crippen LogP contribution in [0.5, 0.6) is 0 Å². The van der Waals surface area contributed by atoms with Crippen LogP contribution in [-0.2, 0) is 10.0 Å². The molecular formula is C9H8BrF2NO3S. The Morgan fingerprint density at radius 3 is 2.41 bits per heavy atom. The minimum atomic E-state index is -4.03. The van der Waals surface area contributed by atoms with Crippen LogP contribution in [0.25, 0.3) is 0 Å². The van der Waals surface area contributed by atoms with Gasteiger partial charge in [-0.2, -0.15) is 4.31 Å². The molecule has 0 bridgehead atoms. The van der Waals surface area contributed by atoms with Crippen LogP contribution in [0.1, 0.15) is 0 Å². The van der Waals surface area contributed by atoms with Crippen molar-refractivity contribution in [1.29, 1.82) is 0 Å². The third-order valence-electron chi connectivity index (χ3n) is 2.39. The molecule has 4 nitrogen and oxygen atoms in total. The van der Waals surface area contributed by atoms with E-state index in [9.17, 15) is 17.2 Å². The first-order valence-corrected chi connectivity index (χ1v) is 6.88. The van der Waals surface area contributed by atoms with Crippen LogP contribution < -0.4 is 0 Å². The number of hydrogen-bond acceptors (Lipinski definition) is 3. The maximum atomic E-state index is 13.5. The van der Waals surface area contributed by atoms with E-state index < -0.39 is 32.7 Å². The molecule has 1 fully saturated rings. The van der Waals surface area contributed by atoms with Crippen molar-refractivity contribution in [3.63, 3.8) is 0 Å². The first-order valence-electron chi connectivity index (χ1n) is 4.65. The number of aliphatic hydroxyl groups excluding tert-OH is 1. The van der Waals surface area contributed by atoms with Gasteiger partial charge in [-0.25, -0.2) is 17.2 Å². The number of β-amino-alcohol motifs (C(OH)–C–C–N with tert-alkyl or cyclic N) is 1. The van der Waals surface area contributed by atoms with Crippen molar-refractivity contribution in [3.8, 4) is 0 Å². The van der Waals surface area contributed by atoms with Crippen molar-refractivity contribution in [2.24, 2.45) is 0 Å². The fraction of sp³-hybridized carbons (Fsp3) is 0.333. The molecule has 1 heterocycles. The first-order chi connectivity index (χ1) is 7.82. The largest absolute Gasteiger partial charge is 0.390 e. The molecule has 2 rings (SSSR count). The van der Waals surface area contributed by atoms with E-state index in [4.69, 9.17) is 5.11 Å². The summed E-state index contributed by atoms with van der Waals surface area (Å²) in [6.07, 6.45) is -0.730. The number of benzene rings is 1. The molecule has 0 spiro atoms. The molecule has 0 aromatic heterocycles. The van der Waals surface area contributed by atoms with Gasteiger partial charge in [0.05, 0.1) is 6.10 Å². The summed E-state index contributed by atoms with van der Waals surface area (Å²) in [5, 5.41) is 9.04. The Balaban J connectivity index is 2.47. The van der Waals surface area contributed by atoms with E-state index in [2.05, 4.69) is 15.9 Å². The molecule has 1 aromatic rings. The lowest BCUT2D eigenvalue weighted by Crippen LogP contribution is -2.53. The van der Waals surface area contributed by atoms with E-state index in [1.54, 1.807) is 0 Å². The summed E-state index contributed by atoms with van der Waals surface area (Å²) in [5.41, 5.74) is 0. The van der Waals surface area contributed by atoms with Gasteiger partial charge in [-0.15, -0.1) is 0 Å². The average Bonchev–Trinajstić information content (AvgIpc) is 2.10. The average molecular weight is 328 g/mol. The number of nitrogens with zero attached hydrogens (tertiary/aromatic N) is 1. The monoisotopic (exact) mass is 327 g/mol. The lowest BCUT2D eigenvalue weighted by Gasteiger charge is -2.34. The second-order valence-electron chi connectivity index (χ2n) is 3.67. The highest BCUT2D eigenvalue weighted by Crippen LogP contribution is 2.30. The summed E-state index contributed by atoms with van der Waals surface area (Å²) in [6.45, 7) is -0.156. The topological polar surface area (TPSA) is 57.6 Å². The second kappa shape index (κ2) is 4.27. The number of aliphatic hydroxyl groups is 1.